The topological polar surface area (TPSA) is 20.2 Å². The maximum absolute atomic E-state index is 9.16. The fraction of sp³-hybridized carbons (Fsp3) is 1.00. The summed E-state index contributed by atoms with van der Waals surface area (Å²) in [6.45, 7) is 0. The van der Waals surface area contributed by atoms with Gasteiger partial charge in [-0.2, -0.15) is 0 Å². The summed E-state index contributed by atoms with van der Waals surface area (Å²) in [4.78, 5) is 0.199. The predicted octanol–water partition coefficient (Wildman–Crippen LogP) is 4.59. The summed E-state index contributed by atoms with van der Waals surface area (Å²) >= 11 is 10.0. The lowest BCUT2D eigenvalue weighted by Gasteiger charge is -2.10. The average Bonchev–Trinajstić information content (AvgIpc) is 2.16. The van der Waals surface area contributed by atoms with E-state index in [9.17, 15) is 0 Å². The van der Waals surface area contributed by atoms with Gasteiger partial charge < -0.3 is 5.11 Å². The van der Waals surface area contributed by atoms with Crippen LogP contribution in [0.2, 0.25) is 0 Å². The van der Waals surface area contributed by atoms with Crippen molar-refractivity contribution in [2.24, 2.45) is 0 Å². The fourth-order valence-corrected chi connectivity index (χ4v) is 2.26. The van der Waals surface area contributed by atoms with Crippen LogP contribution in [0.15, 0.2) is 0 Å². The molecule has 0 radical (unpaired) electrons. The molecular formula is C10H19Br3O. The highest BCUT2D eigenvalue weighted by Crippen LogP contribution is 2.19. The third-order valence-corrected chi connectivity index (χ3v) is 5.03. The lowest BCUT2D eigenvalue weighted by molar-refractivity contribution is 0.262. The molecule has 0 heterocycles. The molecule has 0 amide bonds. The smallest absolute Gasteiger partial charge is 0.121 e. The van der Waals surface area contributed by atoms with E-state index in [0.717, 1.165) is 11.8 Å². The Morgan fingerprint density at radius 1 is 0.857 bits per heavy atom. The van der Waals surface area contributed by atoms with Gasteiger partial charge in [0.15, 0.2) is 0 Å². The first-order valence-electron chi connectivity index (χ1n) is 5.20. The molecule has 2 atom stereocenters. The van der Waals surface area contributed by atoms with Gasteiger partial charge in [0.25, 0.3) is 0 Å². The highest BCUT2D eigenvalue weighted by atomic mass is 79.9. The van der Waals surface area contributed by atoms with Gasteiger partial charge in [0.1, 0.15) is 5.01 Å². The van der Waals surface area contributed by atoms with Gasteiger partial charge in [0.05, 0.1) is 4.83 Å². The maximum atomic E-state index is 9.16. The zero-order chi connectivity index (χ0) is 10.8. The van der Waals surface area contributed by atoms with E-state index in [4.69, 9.17) is 5.11 Å². The Morgan fingerprint density at radius 2 is 1.36 bits per heavy atom. The molecule has 0 saturated carbocycles. The number of hydrogen-bond acceptors (Lipinski definition) is 1. The highest BCUT2D eigenvalue weighted by molar-refractivity contribution is 9.12. The van der Waals surface area contributed by atoms with Gasteiger partial charge in [-0.1, -0.05) is 79.9 Å². The van der Waals surface area contributed by atoms with Crippen molar-refractivity contribution in [2.45, 2.75) is 54.8 Å². The second-order valence-corrected chi connectivity index (χ2v) is 6.39. The SMILES string of the molecule is OC(Br)C(Br)CCCCCCCCBr. The summed E-state index contributed by atoms with van der Waals surface area (Å²) in [6, 6.07) is 0. The van der Waals surface area contributed by atoms with Crippen molar-refractivity contribution in [3.05, 3.63) is 0 Å². The van der Waals surface area contributed by atoms with Crippen LogP contribution < -0.4 is 0 Å². The van der Waals surface area contributed by atoms with Crippen molar-refractivity contribution < 1.29 is 5.11 Å². The predicted molar refractivity (Wildman–Crippen MR) is 73.8 cm³/mol. The number of hydrogen-bond donors (Lipinski definition) is 1. The van der Waals surface area contributed by atoms with Crippen LogP contribution in [-0.2, 0) is 0 Å². The van der Waals surface area contributed by atoms with Crippen molar-refractivity contribution in [2.75, 3.05) is 5.33 Å². The van der Waals surface area contributed by atoms with Crippen molar-refractivity contribution in [1.29, 1.82) is 0 Å². The number of rotatable bonds is 9. The molecule has 1 nitrogen and oxygen atoms in total. The molecule has 4 heteroatoms. The number of aliphatic hydroxyl groups is 1. The minimum absolute atomic E-state index is 0.199. The van der Waals surface area contributed by atoms with Crippen LogP contribution >= 0.6 is 47.8 Å². The van der Waals surface area contributed by atoms with Gasteiger partial charge in [-0.05, 0) is 12.8 Å². The molecule has 0 bridgehead atoms. The number of alkyl halides is 3. The first-order chi connectivity index (χ1) is 6.68. The molecule has 86 valence electrons. The van der Waals surface area contributed by atoms with E-state index in [0.29, 0.717) is 0 Å². The van der Waals surface area contributed by atoms with Gasteiger partial charge in [-0.25, -0.2) is 0 Å². The third-order valence-electron chi connectivity index (χ3n) is 2.16. The van der Waals surface area contributed by atoms with E-state index >= 15 is 0 Å². The van der Waals surface area contributed by atoms with Crippen molar-refractivity contribution in [3.8, 4) is 0 Å². The number of aliphatic hydroxyl groups excluding tert-OH is 1. The van der Waals surface area contributed by atoms with Crippen LogP contribution in [0.1, 0.15) is 44.9 Å². The van der Waals surface area contributed by atoms with Crippen LogP contribution in [0.25, 0.3) is 0 Å². The average molecular weight is 395 g/mol. The highest BCUT2D eigenvalue weighted by Gasteiger charge is 2.10. The zero-order valence-corrected chi connectivity index (χ0v) is 13.2. The van der Waals surface area contributed by atoms with Crippen LogP contribution in [0.4, 0.5) is 0 Å². The zero-order valence-electron chi connectivity index (χ0n) is 8.39. The maximum Gasteiger partial charge on any atom is 0.121 e. The van der Waals surface area contributed by atoms with Crippen molar-refractivity contribution in [1.82, 2.24) is 0 Å². The molecule has 0 spiro atoms. The monoisotopic (exact) mass is 392 g/mol. The number of unbranched alkanes of at least 4 members (excludes halogenated alkanes) is 5. The largest absolute Gasteiger partial charge is 0.381 e. The molecule has 0 aliphatic carbocycles. The van der Waals surface area contributed by atoms with E-state index < -0.39 is 5.01 Å². The van der Waals surface area contributed by atoms with Gasteiger partial charge in [-0.3, -0.25) is 0 Å². The van der Waals surface area contributed by atoms with E-state index in [1.165, 1.54) is 38.5 Å². The summed E-state index contributed by atoms with van der Waals surface area (Å²) in [5.41, 5.74) is 0. The first-order valence-corrected chi connectivity index (χ1v) is 8.16. The Morgan fingerprint density at radius 3 is 1.86 bits per heavy atom. The molecule has 0 rings (SSSR count). The molecule has 0 saturated heterocycles. The molecule has 14 heavy (non-hydrogen) atoms. The summed E-state index contributed by atoms with van der Waals surface area (Å²) < 4.78 is 0. The minimum Gasteiger partial charge on any atom is -0.381 e. The minimum atomic E-state index is -0.407. The fourth-order valence-electron chi connectivity index (χ4n) is 1.28. The Labute approximate surface area is 112 Å². The number of halogens is 3. The van der Waals surface area contributed by atoms with E-state index in [1.807, 2.05) is 0 Å². The van der Waals surface area contributed by atoms with E-state index in [2.05, 4.69) is 47.8 Å². The van der Waals surface area contributed by atoms with Gasteiger partial charge >= 0.3 is 0 Å². The summed E-state index contributed by atoms with van der Waals surface area (Å²) in [6.07, 6.45) is 8.83. The van der Waals surface area contributed by atoms with Crippen LogP contribution in [0, 0.1) is 0 Å². The van der Waals surface area contributed by atoms with Crippen molar-refractivity contribution in [3.63, 3.8) is 0 Å². The van der Waals surface area contributed by atoms with Crippen molar-refractivity contribution >= 4 is 47.8 Å². The molecule has 0 aliphatic heterocycles. The summed E-state index contributed by atoms with van der Waals surface area (Å²) in [5, 5.41) is 9.88. The first kappa shape index (κ1) is 15.4. The molecule has 0 aromatic heterocycles. The van der Waals surface area contributed by atoms with Crippen LogP contribution in [-0.4, -0.2) is 20.3 Å². The van der Waals surface area contributed by atoms with Crippen LogP contribution in [0.3, 0.4) is 0 Å². The van der Waals surface area contributed by atoms with Gasteiger partial charge in [0, 0.05) is 5.33 Å². The second-order valence-electron chi connectivity index (χ2n) is 3.49. The summed E-state index contributed by atoms with van der Waals surface area (Å²) in [5.74, 6) is 0. The van der Waals surface area contributed by atoms with Gasteiger partial charge in [-0.15, -0.1) is 0 Å². The molecule has 2 unspecified atom stereocenters. The normalized spacial score (nSPS) is 15.4. The Bertz CT molecular complexity index is 120. The summed E-state index contributed by atoms with van der Waals surface area (Å²) in [7, 11) is 0. The third kappa shape index (κ3) is 9.94. The lowest BCUT2D eigenvalue weighted by atomic mass is 10.1. The van der Waals surface area contributed by atoms with E-state index in [-0.39, 0.29) is 4.83 Å². The molecular weight excluding hydrogens is 376 g/mol. The van der Waals surface area contributed by atoms with E-state index in [1.54, 1.807) is 0 Å². The molecule has 1 N–H and O–H groups in total. The Kier molecular flexibility index (Phi) is 12.0. The lowest BCUT2D eigenvalue weighted by Crippen LogP contribution is -2.12. The van der Waals surface area contributed by atoms with Crippen LogP contribution in [0.5, 0.6) is 0 Å². The molecule has 0 aliphatic rings. The molecule has 0 aromatic rings. The Hall–Kier alpha value is 1.40. The molecule has 0 aromatic carbocycles. The Balaban J connectivity index is 3.06. The standard InChI is InChI=1S/C10H19Br3O/c11-8-6-4-2-1-3-5-7-9(12)10(13)14/h9-10,14H,1-8H2. The quantitative estimate of drug-likeness (QED) is 0.448. The molecule has 0 fully saturated rings. The second kappa shape index (κ2) is 10.9. The van der Waals surface area contributed by atoms with Gasteiger partial charge in [0.2, 0.25) is 0 Å².